The zero-order valence-electron chi connectivity index (χ0n) is 17.0. The largest absolute Gasteiger partial charge is 0.480 e. The lowest BCUT2D eigenvalue weighted by Crippen LogP contribution is -2.58. The standard InChI is InChI=1S/C17H31N5O6S2/c1-3-8(2)13(19)16(26)22-11(7-30)15(25)21-10(6-29)14(24)20-9(17(27)28)4-5-12(18)23/h8-11,13,29-30H,3-7,19H2,1-2H3,(H2,18,23)(H,20,24)(H,21,25)(H,22,26)(H,27,28). The van der Waals surface area contributed by atoms with Crippen molar-refractivity contribution in [3.8, 4) is 0 Å². The molecule has 13 heteroatoms. The number of primary amides is 1. The molecule has 5 unspecified atom stereocenters. The summed E-state index contributed by atoms with van der Waals surface area (Å²) in [5, 5.41) is 16.3. The Kier molecular flexibility index (Phi) is 13.2. The third-order valence-corrected chi connectivity index (χ3v) is 5.22. The van der Waals surface area contributed by atoms with Crippen LogP contribution in [0.3, 0.4) is 0 Å². The second-order valence-electron chi connectivity index (χ2n) is 6.80. The molecule has 8 N–H and O–H groups in total. The zero-order chi connectivity index (χ0) is 23.4. The number of nitrogens with two attached hydrogens (primary N) is 2. The lowest BCUT2D eigenvalue weighted by atomic mass is 9.99. The van der Waals surface area contributed by atoms with E-state index in [4.69, 9.17) is 11.5 Å². The monoisotopic (exact) mass is 465 g/mol. The maximum absolute atomic E-state index is 12.5. The van der Waals surface area contributed by atoms with Gasteiger partial charge < -0.3 is 32.5 Å². The normalized spacial score (nSPS) is 15.8. The topological polar surface area (TPSA) is 194 Å². The van der Waals surface area contributed by atoms with E-state index in [0.29, 0.717) is 6.42 Å². The molecule has 0 saturated heterocycles. The second kappa shape index (κ2) is 14.1. The molecule has 0 radical (unpaired) electrons. The Morgan fingerprint density at radius 2 is 1.33 bits per heavy atom. The molecule has 11 nitrogen and oxygen atoms in total. The molecule has 172 valence electrons. The maximum atomic E-state index is 12.5. The summed E-state index contributed by atoms with van der Waals surface area (Å²) in [5.74, 6) is -4.39. The molecule has 0 saturated carbocycles. The molecule has 0 bridgehead atoms. The van der Waals surface area contributed by atoms with Crippen molar-refractivity contribution in [2.45, 2.75) is 57.3 Å². The van der Waals surface area contributed by atoms with Crippen LogP contribution in [0.25, 0.3) is 0 Å². The van der Waals surface area contributed by atoms with Gasteiger partial charge in [0.1, 0.15) is 18.1 Å². The van der Waals surface area contributed by atoms with Crippen molar-refractivity contribution in [3.63, 3.8) is 0 Å². The minimum atomic E-state index is -1.36. The van der Waals surface area contributed by atoms with Crippen LogP contribution in [0.15, 0.2) is 0 Å². The molecule has 0 spiro atoms. The van der Waals surface area contributed by atoms with Crippen LogP contribution in [-0.4, -0.2) is 70.4 Å². The smallest absolute Gasteiger partial charge is 0.326 e. The minimum Gasteiger partial charge on any atom is -0.480 e. The SMILES string of the molecule is CCC(C)C(N)C(=O)NC(CS)C(=O)NC(CS)C(=O)NC(CCC(N)=O)C(=O)O. The van der Waals surface area contributed by atoms with Gasteiger partial charge in [0.2, 0.25) is 23.6 Å². The third-order valence-electron chi connectivity index (χ3n) is 4.48. The highest BCUT2D eigenvalue weighted by molar-refractivity contribution is 7.80. The molecule has 0 aromatic heterocycles. The second-order valence-corrected chi connectivity index (χ2v) is 7.53. The van der Waals surface area contributed by atoms with Crippen molar-refractivity contribution >= 4 is 54.9 Å². The molecule has 0 rings (SSSR count). The molecular formula is C17H31N5O6S2. The van der Waals surface area contributed by atoms with E-state index in [1.807, 2.05) is 6.92 Å². The number of carboxylic acids is 1. The summed E-state index contributed by atoms with van der Waals surface area (Å²) in [6, 6.07) is -4.41. The first kappa shape index (κ1) is 28.0. The fourth-order valence-corrected chi connectivity index (χ4v) is 2.77. The zero-order valence-corrected chi connectivity index (χ0v) is 18.7. The molecule has 4 amide bonds. The quantitative estimate of drug-likeness (QED) is 0.136. The van der Waals surface area contributed by atoms with Crippen molar-refractivity contribution in [3.05, 3.63) is 0 Å². The van der Waals surface area contributed by atoms with Crippen LogP contribution in [0.5, 0.6) is 0 Å². The molecule has 0 aliphatic carbocycles. The molecule has 0 aromatic rings. The summed E-state index contributed by atoms with van der Waals surface area (Å²) in [5.41, 5.74) is 10.8. The van der Waals surface area contributed by atoms with Gasteiger partial charge in [-0.3, -0.25) is 19.2 Å². The molecule has 0 aliphatic heterocycles. The van der Waals surface area contributed by atoms with Crippen LogP contribution in [0.2, 0.25) is 0 Å². The molecular weight excluding hydrogens is 434 g/mol. The van der Waals surface area contributed by atoms with E-state index in [-0.39, 0.29) is 30.3 Å². The van der Waals surface area contributed by atoms with E-state index in [9.17, 15) is 29.1 Å². The Balaban J connectivity index is 5.03. The van der Waals surface area contributed by atoms with Crippen LogP contribution in [0, 0.1) is 5.92 Å². The van der Waals surface area contributed by atoms with Gasteiger partial charge in [-0.25, -0.2) is 4.79 Å². The molecule has 0 aromatic carbocycles. The van der Waals surface area contributed by atoms with Crippen molar-refractivity contribution in [2.24, 2.45) is 17.4 Å². The fraction of sp³-hybridized carbons (Fsp3) is 0.706. The summed E-state index contributed by atoms with van der Waals surface area (Å²) < 4.78 is 0. The van der Waals surface area contributed by atoms with Gasteiger partial charge in [-0.15, -0.1) is 0 Å². The summed E-state index contributed by atoms with van der Waals surface area (Å²) in [6.07, 6.45) is 0.237. The number of hydrogen-bond acceptors (Lipinski definition) is 8. The average molecular weight is 466 g/mol. The summed E-state index contributed by atoms with van der Waals surface area (Å²) >= 11 is 8.05. The Labute approximate surface area is 186 Å². The van der Waals surface area contributed by atoms with Gasteiger partial charge in [0.05, 0.1) is 6.04 Å². The number of nitrogens with one attached hydrogen (secondary N) is 3. The first-order chi connectivity index (χ1) is 14.0. The van der Waals surface area contributed by atoms with E-state index in [0.717, 1.165) is 0 Å². The first-order valence-corrected chi connectivity index (χ1v) is 10.6. The Morgan fingerprint density at radius 3 is 1.70 bits per heavy atom. The number of rotatable bonds is 14. The Bertz CT molecular complexity index is 636. The van der Waals surface area contributed by atoms with Crippen molar-refractivity contribution in [2.75, 3.05) is 11.5 Å². The number of aliphatic carboxylic acids is 1. The van der Waals surface area contributed by atoms with Crippen molar-refractivity contribution < 1.29 is 29.1 Å². The first-order valence-electron chi connectivity index (χ1n) is 9.37. The number of carbonyl (C=O) groups is 5. The van der Waals surface area contributed by atoms with Crippen molar-refractivity contribution in [1.29, 1.82) is 0 Å². The molecule has 0 aliphatic rings. The van der Waals surface area contributed by atoms with Crippen LogP contribution < -0.4 is 27.4 Å². The van der Waals surface area contributed by atoms with E-state index in [1.54, 1.807) is 6.92 Å². The maximum Gasteiger partial charge on any atom is 0.326 e. The highest BCUT2D eigenvalue weighted by atomic mass is 32.1. The summed E-state index contributed by atoms with van der Waals surface area (Å²) in [7, 11) is 0. The van der Waals surface area contributed by atoms with E-state index >= 15 is 0 Å². The van der Waals surface area contributed by atoms with Gasteiger partial charge in [-0.2, -0.15) is 25.3 Å². The van der Waals surface area contributed by atoms with Gasteiger partial charge >= 0.3 is 5.97 Å². The Morgan fingerprint density at radius 1 is 0.900 bits per heavy atom. The summed E-state index contributed by atoms with van der Waals surface area (Å²) in [4.78, 5) is 59.1. The summed E-state index contributed by atoms with van der Waals surface area (Å²) in [6.45, 7) is 3.68. The van der Waals surface area contributed by atoms with Gasteiger partial charge in [-0.05, 0) is 12.3 Å². The molecule has 30 heavy (non-hydrogen) atoms. The van der Waals surface area contributed by atoms with E-state index < -0.39 is 53.8 Å². The van der Waals surface area contributed by atoms with E-state index in [1.165, 1.54) is 0 Å². The lowest BCUT2D eigenvalue weighted by Gasteiger charge is -2.24. The van der Waals surface area contributed by atoms with Crippen LogP contribution >= 0.6 is 25.3 Å². The lowest BCUT2D eigenvalue weighted by molar-refractivity contribution is -0.142. The number of thiol groups is 2. The number of hydrogen-bond donors (Lipinski definition) is 8. The minimum absolute atomic E-state index is 0.0535. The fourth-order valence-electron chi connectivity index (χ4n) is 2.26. The molecule has 0 fully saturated rings. The van der Waals surface area contributed by atoms with Gasteiger partial charge in [-0.1, -0.05) is 20.3 Å². The van der Waals surface area contributed by atoms with E-state index in [2.05, 4.69) is 41.2 Å². The number of carboxylic acid groups (broad SMARTS) is 1. The molecule has 0 heterocycles. The predicted molar refractivity (Wildman–Crippen MR) is 117 cm³/mol. The highest BCUT2D eigenvalue weighted by Crippen LogP contribution is 2.06. The van der Waals surface area contributed by atoms with Crippen LogP contribution in [0.4, 0.5) is 0 Å². The van der Waals surface area contributed by atoms with Crippen molar-refractivity contribution in [1.82, 2.24) is 16.0 Å². The van der Waals surface area contributed by atoms with Gasteiger partial charge in [0, 0.05) is 17.9 Å². The van der Waals surface area contributed by atoms with Gasteiger partial charge in [0.15, 0.2) is 0 Å². The number of amides is 4. The average Bonchev–Trinajstić information content (AvgIpc) is 2.70. The van der Waals surface area contributed by atoms with Gasteiger partial charge in [0.25, 0.3) is 0 Å². The third kappa shape index (κ3) is 9.67. The highest BCUT2D eigenvalue weighted by Gasteiger charge is 2.30. The van der Waals surface area contributed by atoms with Crippen LogP contribution in [0.1, 0.15) is 33.1 Å². The predicted octanol–water partition coefficient (Wildman–Crippen LogP) is -1.98. The molecule has 5 atom stereocenters. The number of carbonyl (C=O) groups excluding carboxylic acids is 4. The Hall–Kier alpha value is -1.99. The van der Waals surface area contributed by atoms with Crippen LogP contribution in [-0.2, 0) is 24.0 Å².